The molecule has 1 aliphatic rings. The number of nitrogens with zero attached hydrogens (tertiary/aromatic N) is 1. The SMILES string of the molecule is O=C1CN(C(=O)COC(=O)Cc2ccc3ccccc3c2)c2ccccc2N1. The van der Waals surface area contributed by atoms with E-state index in [0.717, 1.165) is 16.3 Å². The lowest BCUT2D eigenvalue weighted by Crippen LogP contribution is -2.44. The van der Waals surface area contributed by atoms with E-state index in [1.54, 1.807) is 24.3 Å². The molecule has 140 valence electrons. The van der Waals surface area contributed by atoms with Crippen molar-refractivity contribution in [3.8, 4) is 0 Å². The predicted octanol–water partition coefficient (Wildman–Crippen LogP) is 2.91. The smallest absolute Gasteiger partial charge is 0.310 e. The first-order valence-corrected chi connectivity index (χ1v) is 8.93. The molecule has 0 atom stereocenters. The maximum Gasteiger partial charge on any atom is 0.310 e. The average Bonchev–Trinajstić information content (AvgIpc) is 2.71. The second kappa shape index (κ2) is 7.52. The minimum absolute atomic E-state index is 0.0786. The Labute approximate surface area is 161 Å². The molecule has 1 aliphatic heterocycles. The van der Waals surface area contributed by atoms with E-state index in [2.05, 4.69) is 5.32 Å². The number of hydrogen-bond acceptors (Lipinski definition) is 4. The summed E-state index contributed by atoms with van der Waals surface area (Å²) in [6.45, 7) is -0.508. The van der Waals surface area contributed by atoms with Crippen molar-refractivity contribution in [1.82, 2.24) is 0 Å². The molecular weight excluding hydrogens is 356 g/mol. The molecule has 0 bridgehead atoms. The van der Waals surface area contributed by atoms with Crippen molar-refractivity contribution in [3.63, 3.8) is 0 Å². The summed E-state index contributed by atoms with van der Waals surface area (Å²) in [5, 5.41) is 4.85. The monoisotopic (exact) mass is 374 g/mol. The number of ether oxygens (including phenoxy) is 1. The van der Waals surface area contributed by atoms with E-state index in [9.17, 15) is 14.4 Å². The molecule has 0 saturated heterocycles. The van der Waals surface area contributed by atoms with Crippen LogP contribution in [0.25, 0.3) is 10.8 Å². The maximum absolute atomic E-state index is 12.5. The molecule has 0 unspecified atom stereocenters. The molecule has 0 aliphatic carbocycles. The number of anilines is 2. The molecule has 1 heterocycles. The molecule has 6 nitrogen and oxygen atoms in total. The summed E-state index contributed by atoms with van der Waals surface area (Å²) in [7, 11) is 0. The van der Waals surface area contributed by atoms with Crippen LogP contribution >= 0.6 is 0 Å². The van der Waals surface area contributed by atoms with Crippen LogP contribution in [0.15, 0.2) is 66.7 Å². The Balaban J connectivity index is 1.39. The van der Waals surface area contributed by atoms with Gasteiger partial charge in [0.2, 0.25) is 5.91 Å². The first-order chi connectivity index (χ1) is 13.6. The van der Waals surface area contributed by atoms with Gasteiger partial charge in [-0.2, -0.15) is 0 Å². The van der Waals surface area contributed by atoms with Crippen LogP contribution < -0.4 is 10.2 Å². The highest BCUT2D eigenvalue weighted by Gasteiger charge is 2.27. The number of para-hydroxylation sites is 2. The molecule has 28 heavy (non-hydrogen) atoms. The Morgan fingerprint density at radius 3 is 2.57 bits per heavy atom. The Morgan fingerprint density at radius 2 is 1.71 bits per heavy atom. The van der Waals surface area contributed by atoms with Crippen LogP contribution in [0.1, 0.15) is 5.56 Å². The summed E-state index contributed by atoms with van der Waals surface area (Å²) in [4.78, 5) is 37.8. The minimum Gasteiger partial charge on any atom is -0.455 e. The van der Waals surface area contributed by atoms with E-state index in [0.29, 0.717) is 11.4 Å². The van der Waals surface area contributed by atoms with E-state index in [1.807, 2.05) is 42.5 Å². The van der Waals surface area contributed by atoms with Gasteiger partial charge in [-0.05, 0) is 28.5 Å². The van der Waals surface area contributed by atoms with Crippen LogP contribution in [-0.2, 0) is 25.5 Å². The second-order valence-electron chi connectivity index (χ2n) is 6.56. The number of esters is 1. The topological polar surface area (TPSA) is 75.7 Å². The number of nitrogens with one attached hydrogen (secondary N) is 1. The Morgan fingerprint density at radius 1 is 0.964 bits per heavy atom. The van der Waals surface area contributed by atoms with Crippen molar-refractivity contribution in [2.75, 3.05) is 23.4 Å². The number of carbonyl (C=O) groups excluding carboxylic acids is 3. The van der Waals surface area contributed by atoms with Gasteiger partial charge in [0.1, 0.15) is 6.54 Å². The maximum atomic E-state index is 12.5. The predicted molar refractivity (Wildman–Crippen MR) is 106 cm³/mol. The van der Waals surface area contributed by atoms with Crippen molar-refractivity contribution in [2.45, 2.75) is 6.42 Å². The summed E-state index contributed by atoms with van der Waals surface area (Å²) in [5.74, 6) is -1.21. The third kappa shape index (κ3) is 3.71. The Bertz CT molecular complexity index is 1080. The van der Waals surface area contributed by atoms with Gasteiger partial charge in [0, 0.05) is 0 Å². The molecule has 3 aromatic rings. The largest absolute Gasteiger partial charge is 0.455 e. The van der Waals surface area contributed by atoms with Crippen LogP contribution in [0, 0.1) is 0 Å². The van der Waals surface area contributed by atoms with Crippen molar-refractivity contribution in [2.24, 2.45) is 0 Å². The summed E-state index contributed by atoms with van der Waals surface area (Å²) in [6, 6.07) is 20.7. The Hall–Kier alpha value is -3.67. The lowest BCUT2D eigenvalue weighted by Gasteiger charge is -2.28. The first-order valence-electron chi connectivity index (χ1n) is 8.93. The van der Waals surface area contributed by atoms with Gasteiger partial charge < -0.3 is 10.1 Å². The number of carbonyl (C=O) groups is 3. The molecule has 0 aromatic heterocycles. The summed E-state index contributed by atoms with van der Waals surface area (Å²) in [6.07, 6.45) is 0.0786. The normalized spacial score (nSPS) is 13.0. The molecule has 1 N–H and O–H groups in total. The zero-order valence-electron chi connectivity index (χ0n) is 15.1. The molecule has 0 fully saturated rings. The highest BCUT2D eigenvalue weighted by molar-refractivity contribution is 6.10. The standard InChI is InChI=1S/C22H18N2O4/c25-20-13-24(19-8-4-3-7-18(19)23-20)21(26)14-28-22(27)12-15-9-10-16-5-1-2-6-17(16)11-15/h1-11H,12-14H2,(H,23,25). The molecule has 2 amide bonds. The third-order valence-electron chi connectivity index (χ3n) is 4.59. The molecule has 4 rings (SSSR count). The van der Waals surface area contributed by atoms with Crippen LogP contribution in [0.4, 0.5) is 11.4 Å². The van der Waals surface area contributed by atoms with Gasteiger partial charge in [0.15, 0.2) is 6.61 Å². The van der Waals surface area contributed by atoms with Crippen LogP contribution in [0.3, 0.4) is 0 Å². The second-order valence-corrected chi connectivity index (χ2v) is 6.56. The van der Waals surface area contributed by atoms with Crippen molar-refractivity contribution in [1.29, 1.82) is 0 Å². The van der Waals surface area contributed by atoms with Gasteiger partial charge in [-0.15, -0.1) is 0 Å². The van der Waals surface area contributed by atoms with E-state index in [-0.39, 0.29) is 18.9 Å². The van der Waals surface area contributed by atoms with Crippen molar-refractivity contribution < 1.29 is 19.1 Å². The zero-order chi connectivity index (χ0) is 19.5. The molecule has 0 radical (unpaired) electrons. The Kier molecular flexibility index (Phi) is 4.76. The van der Waals surface area contributed by atoms with Crippen molar-refractivity contribution in [3.05, 3.63) is 72.3 Å². The fourth-order valence-corrected chi connectivity index (χ4v) is 3.24. The van der Waals surface area contributed by atoms with Gasteiger partial charge in [0.25, 0.3) is 5.91 Å². The van der Waals surface area contributed by atoms with Crippen LogP contribution in [-0.4, -0.2) is 30.9 Å². The number of rotatable bonds is 4. The van der Waals surface area contributed by atoms with Gasteiger partial charge in [-0.3, -0.25) is 19.3 Å². The molecule has 0 saturated carbocycles. The molecular formula is C22H18N2O4. The fourth-order valence-electron chi connectivity index (χ4n) is 3.24. The van der Waals surface area contributed by atoms with Crippen LogP contribution in [0.5, 0.6) is 0 Å². The van der Waals surface area contributed by atoms with Gasteiger partial charge in [-0.1, -0.05) is 54.6 Å². The van der Waals surface area contributed by atoms with Crippen LogP contribution in [0.2, 0.25) is 0 Å². The lowest BCUT2D eigenvalue weighted by atomic mass is 10.1. The third-order valence-corrected chi connectivity index (χ3v) is 4.59. The van der Waals surface area contributed by atoms with E-state index >= 15 is 0 Å². The average molecular weight is 374 g/mol. The number of fused-ring (bicyclic) bond motifs is 2. The minimum atomic E-state index is -0.488. The highest BCUT2D eigenvalue weighted by atomic mass is 16.5. The van der Waals surface area contributed by atoms with E-state index < -0.39 is 18.5 Å². The van der Waals surface area contributed by atoms with Gasteiger partial charge >= 0.3 is 5.97 Å². The summed E-state index contributed by atoms with van der Waals surface area (Å²) in [5.41, 5.74) is 1.98. The van der Waals surface area contributed by atoms with Gasteiger partial charge in [0.05, 0.1) is 17.8 Å². The lowest BCUT2D eigenvalue weighted by molar-refractivity contribution is -0.147. The molecule has 0 spiro atoms. The fraction of sp³-hybridized carbons (Fsp3) is 0.136. The summed E-state index contributed by atoms with van der Waals surface area (Å²) < 4.78 is 5.16. The van der Waals surface area contributed by atoms with E-state index in [1.165, 1.54) is 4.90 Å². The number of benzene rings is 3. The molecule has 6 heteroatoms. The van der Waals surface area contributed by atoms with Gasteiger partial charge in [-0.25, -0.2) is 0 Å². The first kappa shape index (κ1) is 17.7. The van der Waals surface area contributed by atoms with Crippen molar-refractivity contribution >= 4 is 39.9 Å². The zero-order valence-corrected chi connectivity index (χ0v) is 15.1. The number of amides is 2. The number of hydrogen-bond donors (Lipinski definition) is 1. The van der Waals surface area contributed by atoms with E-state index in [4.69, 9.17) is 4.74 Å². The molecule has 3 aromatic carbocycles. The summed E-state index contributed by atoms with van der Waals surface area (Å²) >= 11 is 0. The quantitative estimate of drug-likeness (QED) is 0.713. The highest BCUT2D eigenvalue weighted by Crippen LogP contribution is 2.28.